The lowest BCUT2D eigenvalue weighted by Gasteiger charge is -2.13. The predicted molar refractivity (Wildman–Crippen MR) is 86.0 cm³/mol. The Balaban J connectivity index is 2.13. The molecule has 0 bridgehead atoms. The molecule has 1 aromatic heterocycles. The highest BCUT2D eigenvalue weighted by molar-refractivity contribution is 9.10. The van der Waals surface area contributed by atoms with Crippen LogP contribution in [0.25, 0.3) is 11.4 Å². The average Bonchev–Trinajstić information content (AvgIpc) is 3.26. The van der Waals surface area contributed by atoms with Gasteiger partial charge in [0.15, 0.2) is 5.82 Å². The van der Waals surface area contributed by atoms with Crippen molar-refractivity contribution in [2.75, 3.05) is 11.9 Å². The van der Waals surface area contributed by atoms with E-state index in [0.29, 0.717) is 5.92 Å². The summed E-state index contributed by atoms with van der Waals surface area (Å²) in [7, 11) is 0. The minimum absolute atomic E-state index is 0.590. The minimum atomic E-state index is 0.590. The summed E-state index contributed by atoms with van der Waals surface area (Å²) in [5.41, 5.74) is 3.47. The smallest absolute Gasteiger partial charge is 0.162 e. The summed E-state index contributed by atoms with van der Waals surface area (Å²) in [5, 5.41) is 3.33. The number of aromatic nitrogens is 2. The monoisotopic (exact) mass is 331 g/mol. The van der Waals surface area contributed by atoms with Crippen LogP contribution in [0, 0.1) is 6.92 Å². The second-order valence-corrected chi connectivity index (χ2v) is 6.01. The van der Waals surface area contributed by atoms with Gasteiger partial charge in [-0.1, -0.05) is 24.3 Å². The fraction of sp³-hybridized carbons (Fsp3) is 0.375. The molecule has 1 saturated carbocycles. The molecule has 3 nitrogen and oxygen atoms in total. The Morgan fingerprint density at radius 2 is 2.00 bits per heavy atom. The highest BCUT2D eigenvalue weighted by Gasteiger charge is 2.29. The first kappa shape index (κ1) is 13.6. The molecule has 1 fully saturated rings. The lowest BCUT2D eigenvalue weighted by molar-refractivity contribution is 0.972. The van der Waals surface area contributed by atoms with E-state index in [0.717, 1.165) is 33.9 Å². The molecule has 3 rings (SSSR count). The molecule has 1 heterocycles. The quantitative estimate of drug-likeness (QED) is 0.894. The Hall–Kier alpha value is -1.42. The molecule has 1 aliphatic rings. The summed E-state index contributed by atoms with van der Waals surface area (Å²) in [4.78, 5) is 9.51. The fourth-order valence-electron chi connectivity index (χ4n) is 2.32. The number of benzene rings is 1. The van der Waals surface area contributed by atoms with Gasteiger partial charge in [-0.05, 0) is 48.2 Å². The Bertz CT molecular complexity index is 636. The molecule has 0 aliphatic heterocycles. The first-order valence-corrected chi connectivity index (χ1v) is 7.87. The number of hydrogen-bond donors (Lipinski definition) is 1. The second kappa shape index (κ2) is 5.52. The summed E-state index contributed by atoms with van der Waals surface area (Å²) in [6, 6.07) is 8.28. The molecule has 0 amide bonds. The van der Waals surface area contributed by atoms with Gasteiger partial charge >= 0.3 is 0 Å². The predicted octanol–water partition coefficient (Wildman–Crippen LogP) is 4.52. The highest BCUT2D eigenvalue weighted by atomic mass is 79.9. The van der Waals surface area contributed by atoms with Crippen molar-refractivity contribution in [3.8, 4) is 11.4 Å². The lowest BCUT2D eigenvalue weighted by Crippen LogP contribution is -2.06. The van der Waals surface area contributed by atoms with Crippen LogP contribution < -0.4 is 5.32 Å². The third-order valence-corrected chi connectivity index (χ3v) is 4.35. The molecule has 2 aromatic rings. The number of nitrogens with one attached hydrogen (secondary N) is 1. The minimum Gasteiger partial charge on any atom is -0.369 e. The van der Waals surface area contributed by atoms with E-state index in [-0.39, 0.29) is 0 Å². The van der Waals surface area contributed by atoms with Crippen molar-refractivity contribution in [2.24, 2.45) is 0 Å². The Labute approximate surface area is 128 Å². The molecular weight excluding hydrogens is 314 g/mol. The Morgan fingerprint density at radius 1 is 1.25 bits per heavy atom. The van der Waals surface area contributed by atoms with Gasteiger partial charge < -0.3 is 5.32 Å². The van der Waals surface area contributed by atoms with E-state index in [1.54, 1.807) is 0 Å². The zero-order chi connectivity index (χ0) is 14.1. The summed E-state index contributed by atoms with van der Waals surface area (Å²) < 4.78 is 1.03. The van der Waals surface area contributed by atoms with E-state index in [1.807, 2.05) is 12.1 Å². The van der Waals surface area contributed by atoms with Crippen molar-refractivity contribution < 1.29 is 0 Å². The topological polar surface area (TPSA) is 37.8 Å². The van der Waals surface area contributed by atoms with E-state index in [1.165, 1.54) is 18.4 Å². The van der Waals surface area contributed by atoms with Crippen LogP contribution in [0.15, 0.2) is 28.7 Å². The molecule has 0 atom stereocenters. The van der Waals surface area contributed by atoms with E-state index in [2.05, 4.69) is 47.2 Å². The van der Waals surface area contributed by atoms with Crippen molar-refractivity contribution >= 4 is 21.7 Å². The van der Waals surface area contributed by atoms with Gasteiger partial charge in [-0.15, -0.1) is 0 Å². The maximum atomic E-state index is 4.81. The van der Waals surface area contributed by atoms with E-state index in [9.17, 15) is 0 Å². The molecule has 0 saturated heterocycles. The third-order valence-electron chi connectivity index (χ3n) is 3.57. The average molecular weight is 332 g/mol. The number of nitrogens with zero attached hydrogens (tertiary/aromatic N) is 2. The molecule has 1 N–H and O–H groups in total. The molecule has 0 unspecified atom stereocenters. The summed E-state index contributed by atoms with van der Waals surface area (Å²) in [5.74, 6) is 2.32. The standard InChI is InChI=1S/C16H18BrN3/c1-3-18-16-13(17)14(11-8-9-11)19-15(20-16)12-7-5-4-6-10(12)2/h4-7,11H,3,8-9H2,1-2H3,(H,18,19,20). The van der Waals surface area contributed by atoms with Crippen LogP contribution in [-0.4, -0.2) is 16.5 Å². The zero-order valence-corrected chi connectivity index (χ0v) is 13.4. The fourth-order valence-corrected chi connectivity index (χ4v) is 2.96. The van der Waals surface area contributed by atoms with E-state index >= 15 is 0 Å². The van der Waals surface area contributed by atoms with Gasteiger partial charge in [-0.3, -0.25) is 0 Å². The van der Waals surface area contributed by atoms with E-state index < -0.39 is 0 Å². The number of anilines is 1. The maximum absolute atomic E-state index is 4.81. The van der Waals surface area contributed by atoms with E-state index in [4.69, 9.17) is 9.97 Å². The van der Waals surface area contributed by atoms with Crippen LogP contribution in [0.2, 0.25) is 0 Å². The number of rotatable bonds is 4. The van der Waals surface area contributed by atoms with Gasteiger partial charge in [0.25, 0.3) is 0 Å². The first-order chi connectivity index (χ1) is 9.70. The van der Waals surface area contributed by atoms with Gasteiger partial charge in [0.2, 0.25) is 0 Å². The Kier molecular flexibility index (Phi) is 3.74. The van der Waals surface area contributed by atoms with Crippen LogP contribution in [-0.2, 0) is 0 Å². The van der Waals surface area contributed by atoms with Crippen molar-refractivity contribution in [1.82, 2.24) is 9.97 Å². The van der Waals surface area contributed by atoms with Crippen LogP contribution in [0.4, 0.5) is 5.82 Å². The zero-order valence-electron chi connectivity index (χ0n) is 11.8. The second-order valence-electron chi connectivity index (χ2n) is 5.21. The van der Waals surface area contributed by atoms with Crippen LogP contribution in [0.5, 0.6) is 0 Å². The van der Waals surface area contributed by atoms with Crippen molar-refractivity contribution in [3.63, 3.8) is 0 Å². The van der Waals surface area contributed by atoms with Gasteiger partial charge in [-0.25, -0.2) is 9.97 Å². The summed E-state index contributed by atoms with van der Waals surface area (Å²) in [6.45, 7) is 5.04. The number of aryl methyl sites for hydroxylation is 1. The van der Waals surface area contributed by atoms with Crippen molar-refractivity contribution in [3.05, 3.63) is 40.0 Å². The van der Waals surface area contributed by atoms with Gasteiger partial charge in [0.05, 0.1) is 10.2 Å². The van der Waals surface area contributed by atoms with Crippen molar-refractivity contribution in [2.45, 2.75) is 32.6 Å². The molecule has 0 spiro atoms. The first-order valence-electron chi connectivity index (χ1n) is 7.08. The SMILES string of the molecule is CCNc1nc(-c2ccccc2C)nc(C2CC2)c1Br. The molecule has 0 radical (unpaired) electrons. The van der Waals surface area contributed by atoms with Gasteiger partial charge in [0, 0.05) is 18.0 Å². The van der Waals surface area contributed by atoms with Crippen LogP contribution in [0.1, 0.15) is 36.9 Å². The Morgan fingerprint density at radius 3 is 2.65 bits per heavy atom. The normalized spacial score (nSPS) is 14.3. The maximum Gasteiger partial charge on any atom is 0.162 e. The highest BCUT2D eigenvalue weighted by Crippen LogP contribution is 2.44. The molecule has 4 heteroatoms. The summed E-state index contributed by atoms with van der Waals surface area (Å²) in [6.07, 6.45) is 2.46. The number of hydrogen-bond acceptors (Lipinski definition) is 3. The van der Waals surface area contributed by atoms with Crippen LogP contribution in [0.3, 0.4) is 0 Å². The van der Waals surface area contributed by atoms with Gasteiger partial charge in [-0.2, -0.15) is 0 Å². The summed E-state index contributed by atoms with van der Waals surface area (Å²) >= 11 is 3.66. The van der Waals surface area contributed by atoms with Crippen LogP contribution >= 0.6 is 15.9 Å². The number of halogens is 1. The molecule has 1 aromatic carbocycles. The largest absolute Gasteiger partial charge is 0.369 e. The lowest BCUT2D eigenvalue weighted by atomic mass is 10.1. The van der Waals surface area contributed by atoms with Crippen molar-refractivity contribution in [1.29, 1.82) is 0 Å². The third kappa shape index (κ3) is 2.57. The van der Waals surface area contributed by atoms with Gasteiger partial charge in [0.1, 0.15) is 5.82 Å². The molecule has 1 aliphatic carbocycles. The molecule has 104 valence electrons. The molecule has 20 heavy (non-hydrogen) atoms. The molecular formula is C16H18BrN3.